The number of rotatable bonds is 4. The summed E-state index contributed by atoms with van der Waals surface area (Å²) in [6, 6.07) is 30.0. The van der Waals surface area contributed by atoms with E-state index < -0.39 is 0 Å². The normalized spacial score (nSPS) is 12.9. The third-order valence-corrected chi connectivity index (χ3v) is 6.17. The Morgan fingerprint density at radius 2 is 0.824 bits per heavy atom. The van der Waals surface area contributed by atoms with Gasteiger partial charge in [0.05, 0.1) is 11.4 Å². The zero-order valence-corrected chi connectivity index (χ0v) is 21.1. The molecule has 4 rings (SSSR count). The first-order valence-corrected chi connectivity index (χ1v) is 11.9. The summed E-state index contributed by atoms with van der Waals surface area (Å²) in [4.78, 5) is 9.54. The number of nitrogens with zero attached hydrogens (tertiary/aromatic N) is 2. The lowest BCUT2D eigenvalue weighted by Crippen LogP contribution is -2.11. The highest BCUT2D eigenvalue weighted by Gasteiger charge is 2.20. The van der Waals surface area contributed by atoms with E-state index in [0.29, 0.717) is 0 Å². The van der Waals surface area contributed by atoms with Crippen molar-refractivity contribution in [2.45, 2.75) is 52.4 Å². The van der Waals surface area contributed by atoms with Crippen LogP contribution in [0.4, 0.5) is 0 Å². The fourth-order valence-corrected chi connectivity index (χ4v) is 4.14. The van der Waals surface area contributed by atoms with Gasteiger partial charge in [0.2, 0.25) is 0 Å². The van der Waals surface area contributed by atoms with Crippen LogP contribution < -0.4 is 0 Å². The molecule has 0 unspecified atom stereocenters. The molecule has 0 bridgehead atoms. The summed E-state index contributed by atoms with van der Waals surface area (Å²) in [6.45, 7) is 13.5. The molecule has 2 heteroatoms. The van der Waals surface area contributed by atoms with Gasteiger partial charge in [0.1, 0.15) is 0 Å². The zero-order valence-electron chi connectivity index (χ0n) is 21.1. The van der Waals surface area contributed by atoms with E-state index in [1.54, 1.807) is 0 Å². The van der Waals surface area contributed by atoms with Gasteiger partial charge in [0, 0.05) is 23.5 Å². The summed E-state index contributed by atoms with van der Waals surface area (Å²) >= 11 is 0. The lowest BCUT2D eigenvalue weighted by atomic mass is 9.83. The second kappa shape index (κ2) is 9.38. The van der Waals surface area contributed by atoms with Crippen molar-refractivity contribution in [1.82, 2.24) is 9.97 Å². The quantitative estimate of drug-likeness (QED) is 0.296. The average molecular weight is 447 g/mol. The van der Waals surface area contributed by atoms with Crippen LogP contribution in [0.15, 0.2) is 97.3 Å². The molecule has 0 atom stereocenters. The van der Waals surface area contributed by atoms with Crippen LogP contribution in [-0.4, -0.2) is 9.97 Å². The lowest BCUT2D eigenvalue weighted by Gasteiger charge is -2.22. The molecule has 0 amide bonds. The molecule has 0 radical (unpaired) electrons. The molecule has 172 valence electrons. The van der Waals surface area contributed by atoms with Crippen LogP contribution in [0.2, 0.25) is 0 Å². The van der Waals surface area contributed by atoms with Crippen LogP contribution in [0.5, 0.6) is 0 Å². The Hall–Kier alpha value is -3.52. The van der Waals surface area contributed by atoms with Gasteiger partial charge in [-0.3, -0.25) is 9.97 Å². The average Bonchev–Trinajstić information content (AvgIpc) is 2.83. The van der Waals surface area contributed by atoms with E-state index in [2.05, 4.69) is 102 Å². The van der Waals surface area contributed by atoms with E-state index in [0.717, 1.165) is 33.7 Å². The summed E-state index contributed by atoms with van der Waals surface area (Å²) in [7, 11) is 0. The van der Waals surface area contributed by atoms with E-state index in [1.165, 1.54) is 11.1 Å². The van der Waals surface area contributed by atoms with E-state index in [1.807, 2.05) is 36.7 Å². The van der Waals surface area contributed by atoms with Gasteiger partial charge in [-0.2, -0.15) is 0 Å². The molecule has 0 aliphatic heterocycles. The van der Waals surface area contributed by atoms with Gasteiger partial charge in [-0.05, 0) is 57.3 Å². The van der Waals surface area contributed by atoms with Crippen molar-refractivity contribution in [3.8, 4) is 0 Å². The van der Waals surface area contributed by atoms with Crippen LogP contribution >= 0.6 is 0 Å². The number of pyridine rings is 2. The summed E-state index contributed by atoms with van der Waals surface area (Å²) in [5.74, 6) is 0. The monoisotopic (exact) mass is 446 g/mol. The number of benzene rings is 2. The van der Waals surface area contributed by atoms with Crippen molar-refractivity contribution in [2.75, 3.05) is 0 Å². The third kappa shape index (κ3) is 5.17. The number of aromatic nitrogens is 2. The van der Waals surface area contributed by atoms with Crippen molar-refractivity contribution in [3.05, 3.63) is 131 Å². The third-order valence-electron chi connectivity index (χ3n) is 6.17. The predicted octanol–water partition coefficient (Wildman–Crippen LogP) is 8.08. The molecule has 2 aromatic carbocycles. The molecule has 4 aromatic rings. The van der Waals surface area contributed by atoms with Gasteiger partial charge in [-0.1, -0.05) is 102 Å². The minimum atomic E-state index is 0.0972. The molecule has 2 nitrogen and oxygen atoms in total. The van der Waals surface area contributed by atoms with Crippen molar-refractivity contribution in [1.29, 1.82) is 0 Å². The smallest absolute Gasteiger partial charge is 0.0715 e. The van der Waals surface area contributed by atoms with Crippen molar-refractivity contribution < 1.29 is 0 Å². The van der Waals surface area contributed by atoms with Gasteiger partial charge < -0.3 is 0 Å². The van der Waals surface area contributed by atoms with Crippen molar-refractivity contribution in [2.24, 2.45) is 0 Å². The topological polar surface area (TPSA) is 25.8 Å². The van der Waals surface area contributed by atoms with Crippen LogP contribution in [0.1, 0.15) is 75.2 Å². The highest BCUT2D eigenvalue weighted by atomic mass is 14.7. The van der Waals surface area contributed by atoms with Crippen molar-refractivity contribution in [3.63, 3.8) is 0 Å². The first-order chi connectivity index (χ1) is 16.1. The number of hydrogen-bond donors (Lipinski definition) is 0. The Balaban J connectivity index is 2.01. The van der Waals surface area contributed by atoms with Gasteiger partial charge in [0.25, 0.3) is 0 Å². The molecule has 34 heavy (non-hydrogen) atoms. The molecule has 0 spiro atoms. The highest BCUT2D eigenvalue weighted by molar-refractivity contribution is 6.03. The maximum atomic E-state index is 4.77. The fraction of sp³-hybridized carbons (Fsp3) is 0.250. The molecule has 0 fully saturated rings. The Morgan fingerprint density at radius 1 is 0.471 bits per heavy atom. The number of hydrogen-bond acceptors (Lipinski definition) is 2. The largest absolute Gasteiger partial charge is 0.256 e. The van der Waals surface area contributed by atoms with Gasteiger partial charge in [-0.15, -0.1) is 0 Å². The van der Waals surface area contributed by atoms with Crippen LogP contribution in [0.3, 0.4) is 0 Å². The maximum absolute atomic E-state index is 4.77. The van der Waals surface area contributed by atoms with Crippen molar-refractivity contribution >= 4 is 11.1 Å². The van der Waals surface area contributed by atoms with Gasteiger partial charge >= 0.3 is 0 Å². The van der Waals surface area contributed by atoms with E-state index in [-0.39, 0.29) is 10.8 Å². The first kappa shape index (κ1) is 23.6. The second-order valence-corrected chi connectivity index (χ2v) is 10.8. The Labute approximate surface area is 204 Å². The summed E-state index contributed by atoms with van der Waals surface area (Å²) in [5, 5.41) is 0. The summed E-state index contributed by atoms with van der Waals surface area (Å²) in [6.07, 6.45) is 3.72. The van der Waals surface area contributed by atoms with Crippen LogP contribution in [-0.2, 0) is 10.8 Å². The minimum absolute atomic E-state index is 0.0972. The minimum Gasteiger partial charge on any atom is -0.256 e. The zero-order chi connectivity index (χ0) is 24.3. The molecular formula is C32H34N2. The standard InChI is InChI=1S/C32H34N2/c1-31(2,3)25-17-13-23(14-18-25)29(27-11-7-9-21-33-27)30(28-12-8-10-22-34-28)24-15-19-26(20-16-24)32(4,5)6/h7-22H,1-6H3/b30-29+. The van der Waals surface area contributed by atoms with Crippen LogP contribution in [0, 0.1) is 0 Å². The molecule has 0 saturated carbocycles. The first-order valence-electron chi connectivity index (χ1n) is 11.9. The van der Waals surface area contributed by atoms with Gasteiger partial charge in [0.15, 0.2) is 0 Å². The molecule has 2 aromatic heterocycles. The molecule has 0 aliphatic carbocycles. The van der Waals surface area contributed by atoms with E-state index in [9.17, 15) is 0 Å². The molecule has 0 saturated heterocycles. The van der Waals surface area contributed by atoms with E-state index in [4.69, 9.17) is 9.97 Å². The Bertz CT molecular complexity index is 1150. The molecular weight excluding hydrogens is 412 g/mol. The summed E-state index contributed by atoms with van der Waals surface area (Å²) in [5.41, 5.74) is 9.13. The lowest BCUT2D eigenvalue weighted by molar-refractivity contribution is 0.590. The molecule has 0 aliphatic rings. The molecule has 2 heterocycles. The predicted molar refractivity (Wildman–Crippen MR) is 144 cm³/mol. The fourth-order valence-electron chi connectivity index (χ4n) is 4.14. The second-order valence-electron chi connectivity index (χ2n) is 10.8. The maximum Gasteiger partial charge on any atom is 0.0715 e. The van der Waals surface area contributed by atoms with Gasteiger partial charge in [-0.25, -0.2) is 0 Å². The van der Waals surface area contributed by atoms with Crippen LogP contribution in [0.25, 0.3) is 11.1 Å². The Kier molecular flexibility index (Phi) is 6.52. The Morgan fingerprint density at radius 3 is 1.09 bits per heavy atom. The molecule has 0 N–H and O–H groups in total. The summed E-state index contributed by atoms with van der Waals surface area (Å²) < 4.78 is 0. The highest BCUT2D eigenvalue weighted by Crippen LogP contribution is 2.37. The van der Waals surface area contributed by atoms with E-state index >= 15 is 0 Å². The SMILES string of the molecule is CC(C)(C)c1ccc(/C(=C(/c2ccc(C(C)(C)C)cc2)c2ccccn2)c2ccccn2)cc1.